The van der Waals surface area contributed by atoms with Crippen molar-refractivity contribution in [1.82, 2.24) is 10.6 Å². The van der Waals surface area contributed by atoms with Gasteiger partial charge in [-0.1, -0.05) is 25.3 Å². The molecule has 126 valence electrons. The van der Waals surface area contributed by atoms with Crippen LogP contribution in [0.1, 0.15) is 44.1 Å². The van der Waals surface area contributed by atoms with Crippen LogP contribution in [0.3, 0.4) is 0 Å². The summed E-state index contributed by atoms with van der Waals surface area (Å²) in [5.41, 5.74) is 1.28. The first-order valence-corrected chi connectivity index (χ1v) is 8.55. The molecule has 2 aliphatic rings. The lowest BCUT2D eigenvalue weighted by molar-refractivity contribution is -0.121. The third-order valence-corrected chi connectivity index (χ3v) is 5.02. The molecule has 0 aromatic heterocycles. The molecule has 0 radical (unpaired) electrons. The summed E-state index contributed by atoms with van der Waals surface area (Å²) < 4.78 is 11.0. The maximum atomic E-state index is 12.0. The van der Waals surface area contributed by atoms with Crippen LogP contribution in [0.2, 0.25) is 0 Å². The van der Waals surface area contributed by atoms with Gasteiger partial charge in [-0.15, -0.1) is 0 Å². The highest BCUT2D eigenvalue weighted by Gasteiger charge is 2.35. The SMILES string of the molecule is CNCCC(=O)NCC1(c2ccc3c(c2)OCO3)CCCCC1. The van der Waals surface area contributed by atoms with Gasteiger partial charge in [0.15, 0.2) is 11.5 Å². The van der Waals surface area contributed by atoms with Crippen LogP contribution in [-0.2, 0) is 10.2 Å². The summed E-state index contributed by atoms with van der Waals surface area (Å²) in [6, 6.07) is 6.24. The Balaban J connectivity index is 1.75. The second kappa shape index (κ2) is 7.21. The van der Waals surface area contributed by atoms with Crippen LogP contribution in [0, 0.1) is 0 Å². The summed E-state index contributed by atoms with van der Waals surface area (Å²) in [6.45, 7) is 1.71. The molecule has 0 saturated heterocycles. The first kappa shape index (κ1) is 16.1. The fourth-order valence-electron chi connectivity index (χ4n) is 3.62. The Labute approximate surface area is 137 Å². The topological polar surface area (TPSA) is 59.6 Å². The standard InChI is InChI=1S/C18H26N2O3/c1-19-10-7-17(21)20-12-18(8-3-2-4-9-18)14-5-6-15-16(11-14)23-13-22-15/h5-6,11,19H,2-4,7-10,12-13H2,1H3,(H,20,21). The number of fused-ring (bicyclic) bond motifs is 1. The highest BCUT2D eigenvalue weighted by Crippen LogP contribution is 2.43. The highest BCUT2D eigenvalue weighted by molar-refractivity contribution is 5.76. The number of amides is 1. The Bertz CT molecular complexity index is 553. The van der Waals surface area contributed by atoms with Gasteiger partial charge in [0.05, 0.1) is 0 Å². The summed E-state index contributed by atoms with van der Waals surface area (Å²) in [4.78, 5) is 12.0. The molecule has 0 spiro atoms. The van der Waals surface area contributed by atoms with E-state index in [2.05, 4.69) is 22.8 Å². The number of benzene rings is 1. The number of carbonyl (C=O) groups is 1. The Morgan fingerprint density at radius 2 is 1.96 bits per heavy atom. The fraction of sp³-hybridized carbons (Fsp3) is 0.611. The third-order valence-electron chi connectivity index (χ3n) is 5.02. The van der Waals surface area contributed by atoms with E-state index in [4.69, 9.17) is 9.47 Å². The van der Waals surface area contributed by atoms with E-state index >= 15 is 0 Å². The van der Waals surface area contributed by atoms with Crippen molar-refractivity contribution in [2.75, 3.05) is 26.9 Å². The molecular formula is C18H26N2O3. The molecule has 23 heavy (non-hydrogen) atoms. The Hall–Kier alpha value is -1.75. The molecule has 1 amide bonds. The van der Waals surface area contributed by atoms with Crippen molar-refractivity contribution in [3.63, 3.8) is 0 Å². The average molecular weight is 318 g/mol. The summed E-state index contributed by atoms with van der Waals surface area (Å²) >= 11 is 0. The van der Waals surface area contributed by atoms with Crippen molar-refractivity contribution in [3.8, 4) is 11.5 Å². The molecule has 2 N–H and O–H groups in total. The number of hydrogen-bond acceptors (Lipinski definition) is 4. The van der Waals surface area contributed by atoms with Gasteiger partial charge < -0.3 is 20.1 Å². The minimum absolute atomic E-state index is 0.0224. The molecular weight excluding hydrogens is 292 g/mol. The zero-order valence-electron chi connectivity index (χ0n) is 13.8. The summed E-state index contributed by atoms with van der Waals surface area (Å²) in [6.07, 6.45) is 6.44. The molecule has 5 heteroatoms. The first-order valence-electron chi connectivity index (χ1n) is 8.55. The number of nitrogens with one attached hydrogen (secondary N) is 2. The minimum Gasteiger partial charge on any atom is -0.454 e. The normalized spacial score (nSPS) is 18.7. The maximum Gasteiger partial charge on any atom is 0.231 e. The van der Waals surface area contributed by atoms with Gasteiger partial charge in [-0.3, -0.25) is 4.79 Å². The Kier molecular flexibility index (Phi) is 5.06. The smallest absolute Gasteiger partial charge is 0.231 e. The van der Waals surface area contributed by atoms with E-state index < -0.39 is 0 Å². The first-order chi connectivity index (χ1) is 11.2. The van der Waals surface area contributed by atoms with E-state index in [0.717, 1.165) is 24.3 Å². The molecule has 1 aliphatic heterocycles. The molecule has 1 fully saturated rings. The average Bonchev–Trinajstić information content (AvgIpc) is 3.06. The van der Waals surface area contributed by atoms with Gasteiger partial charge in [-0.25, -0.2) is 0 Å². The summed E-state index contributed by atoms with van der Waals surface area (Å²) in [5.74, 6) is 1.76. The van der Waals surface area contributed by atoms with E-state index in [1.807, 2.05) is 13.1 Å². The summed E-state index contributed by atoms with van der Waals surface area (Å²) in [5, 5.41) is 6.16. The lowest BCUT2D eigenvalue weighted by Gasteiger charge is -2.38. The highest BCUT2D eigenvalue weighted by atomic mass is 16.7. The Morgan fingerprint density at radius 3 is 2.74 bits per heavy atom. The number of hydrogen-bond donors (Lipinski definition) is 2. The second-order valence-corrected chi connectivity index (χ2v) is 6.54. The maximum absolute atomic E-state index is 12.0. The van der Waals surface area contributed by atoms with Gasteiger partial charge in [0.25, 0.3) is 0 Å². The van der Waals surface area contributed by atoms with Crippen LogP contribution in [0.15, 0.2) is 18.2 Å². The van der Waals surface area contributed by atoms with Crippen molar-refractivity contribution in [3.05, 3.63) is 23.8 Å². The zero-order chi connectivity index (χ0) is 16.1. The molecule has 5 nitrogen and oxygen atoms in total. The van der Waals surface area contributed by atoms with E-state index in [1.165, 1.54) is 24.8 Å². The van der Waals surface area contributed by atoms with Gasteiger partial charge in [-0.2, -0.15) is 0 Å². The van der Waals surface area contributed by atoms with Crippen LogP contribution < -0.4 is 20.1 Å². The molecule has 0 atom stereocenters. The van der Waals surface area contributed by atoms with Crippen LogP contribution in [0.25, 0.3) is 0 Å². The molecule has 0 bridgehead atoms. The van der Waals surface area contributed by atoms with E-state index in [1.54, 1.807) is 0 Å². The summed E-state index contributed by atoms with van der Waals surface area (Å²) in [7, 11) is 1.86. The van der Waals surface area contributed by atoms with E-state index in [-0.39, 0.29) is 11.3 Å². The molecule has 1 aliphatic carbocycles. The molecule has 3 rings (SSSR count). The predicted octanol–water partition coefficient (Wildman–Crippen LogP) is 2.34. The predicted molar refractivity (Wildman–Crippen MR) is 88.9 cm³/mol. The number of carbonyl (C=O) groups excluding carboxylic acids is 1. The molecule has 1 saturated carbocycles. The molecule has 0 unspecified atom stereocenters. The quantitative estimate of drug-likeness (QED) is 0.845. The van der Waals surface area contributed by atoms with Crippen molar-refractivity contribution in [2.45, 2.75) is 43.9 Å². The second-order valence-electron chi connectivity index (χ2n) is 6.54. The van der Waals surface area contributed by atoms with Crippen LogP contribution in [-0.4, -0.2) is 32.8 Å². The van der Waals surface area contributed by atoms with Gasteiger partial charge in [0.2, 0.25) is 12.7 Å². The van der Waals surface area contributed by atoms with Crippen LogP contribution >= 0.6 is 0 Å². The van der Waals surface area contributed by atoms with Crippen molar-refractivity contribution in [1.29, 1.82) is 0 Å². The molecule has 1 aromatic carbocycles. The molecule has 1 aromatic rings. The lowest BCUT2D eigenvalue weighted by Crippen LogP contribution is -2.42. The number of ether oxygens (including phenoxy) is 2. The van der Waals surface area contributed by atoms with Crippen molar-refractivity contribution in [2.24, 2.45) is 0 Å². The van der Waals surface area contributed by atoms with Crippen LogP contribution in [0.4, 0.5) is 0 Å². The van der Waals surface area contributed by atoms with Gasteiger partial charge >= 0.3 is 0 Å². The van der Waals surface area contributed by atoms with Crippen molar-refractivity contribution >= 4 is 5.91 Å². The fourth-order valence-corrected chi connectivity index (χ4v) is 3.62. The van der Waals surface area contributed by atoms with Crippen LogP contribution in [0.5, 0.6) is 11.5 Å². The van der Waals surface area contributed by atoms with Crippen molar-refractivity contribution < 1.29 is 14.3 Å². The largest absolute Gasteiger partial charge is 0.454 e. The minimum atomic E-state index is 0.0224. The zero-order valence-corrected chi connectivity index (χ0v) is 13.8. The third kappa shape index (κ3) is 3.61. The van der Waals surface area contributed by atoms with Gasteiger partial charge in [0, 0.05) is 24.9 Å². The number of rotatable bonds is 6. The van der Waals surface area contributed by atoms with E-state index in [9.17, 15) is 4.79 Å². The lowest BCUT2D eigenvalue weighted by atomic mass is 9.69. The Morgan fingerprint density at radius 1 is 1.17 bits per heavy atom. The molecule has 1 heterocycles. The van der Waals surface area contributed by atoms with Gasteiger partial charge in [-0.05, 0) is 37.6 Å². The van der Waals surface area contributed by atoms with E-state index in [0.29, 0.717) is 26.3 Å². The monoisotopic (exact) mass is 318 g/mol. The van der Waals surface area contributed by atoms with Gasteiger partial charge in [0.1, 0.15) is 0 Å².